The summed E-state index contributed by atoms with van der Waals surface area (Å²) in [7, 11) is 6.19. The number of amides is 1. The van der Waals surface area contributed by atoms with Gasteiger partial charge in [-0.1, -0.05) is 0 Å². The van der Waals surface area contributed by atoms with E-state index in [1.807, 2.05) is 12.1 Å². The van der Waals surface area contributed by atoms with E-state index in [-0.39, 0.29) is 12.3 Å². The Kier molecular flexibility index (Phi) is 6.27. The number of carbonyl (C=O) groups is 2. The average molecular weight is 322 g/mol. The molecule has 0 unspecified atom stereocenters. The molecule has 0 radical (unpaired) electrons. The molecule has 3 N–H and O–H groups in total. The second-order valence-electron chi connectivity index (χ2n) is 6.44. The van der Waals surface area contributed by atoms with Gasteiger partial charge in [0.1, 0.15) is 24.9 Å². The van der Waals surface area contributed by atoms with Crippen LogP contribution in [0.2, 0.25) is 0 Å². The minimum Gasteiger partial charge on any atom is -0.507 e. The Bertz CT molecular complexity index is 606. The first-order chi connectivity index (χ1) is 10.6. The Morgan fingerprint density at radius 3 is 2.57 bits per heavy atom. The van der Waals surface area contributed by atoms with Crippen LogP contribution >= 0.6 is 0 Å². The Hall–Kier alpha value is -2.41. The summed E-state index contributed by atoms with van der Waals surface area (Å²) in [6.45, 7) is 1.97. The molecule has 0 aliphatic heterocycles. The van der Waals surface area contributed by atoms with Crippen LogP contribution in [0.5, 0.6) is 5.75 Å². The zero-order valence-corrected chi connectivity index (χ0v) is 13.9. The smallest absolute Gasteiger partial charge is 0.325 e. The molecular weight excluding hydrogens is 298 g/mol. The fourth-order valence-electron chi connectivity index (χ4n) is 1.93. The molecule has 7 nitrogen and oxygen atoms in total. The topological polar surface area (TPSA) is 99.0 Å². The van der Waals surface area contributed by atoms with E-state index in [0.717, 1.165) is 16.6 Å². The number of hydrogen-bond acceptors (Lipinski definition) is 4. The fourth-order valence-corrected chi connectivity index (χ4v) is 1.93. The number of carboxylic acids is 1. The van der Waals surface area contributed by atoms with Gasteiger partial charge in [0.15, 0.2) is 0 Å². The van der Waals surface area contributed by atoms with Crippen LogP contribution in [-0.2, 0) is 16.1 Å². The Labute approximate surface area is 135 Å². The highest BCUT2D eigenvalue weighted by Gasteiger charge is 2.13. The van der Waals surface area contributed by atoms with Crippen LogP contribution in [0, 0.1) is 0 Å². The molecule has 126 valence electrons. The minimum absolute atomic E-state index is 0.0817. The van der Waals surface area contributed by atoms with Gasteiger partial charge in [-0.15, -0.1) is 0 Å². The highest BCUT2D eigenvalue weighted by molar-refractivity contribution is 5.88. The second-order valence-corrected chi connectivity index (χ2v) is 6.44. The molecule has 23 heavy (non-hydrogen) atoms. The zero-order chi connectivity index (χ0) is 17.6. The molecule has 1 amide bonds. The second kappa shape index (κ2) is 7.73. The van der Waals surface area contributed by atoms with Crippen LogP contribution < -0.4 is 5.32 Å². The highest BCUT2D eigenvalue weighted by Crippen LogP contribution is 2.18. The highest BCUT2D eigenvalue weighted by atomic mass is 16.4. The van der Waals surface area contributed by atoms with Gasteiger partial charge in [0, 0.05) is 17.3 Å². The molecule has 0 spiro atoms. The van der Waals surface area contributed by atoms with Crippen LogP contribution in [0.3, 0.4) is 0 Å². The summed E-state index contributed by atoms with van der Waals surface area (Å²) < 4.78 is 0.747. The number of phenols is 1. The van der Waals surface area contributed by atoms with Crippen molar-refractivity contribution in [3.8, 4) is 5.75 Å². The van der Waals surface area contributed by atoms with Crippen LogP contribution in [0.4, 0.5) is 0 Å². The number of nitrogens with one attached hydrogen (secondary N) is 1. The number of carboxylic acid groups (broad SMARTS) is 1. The molecule has 7 heteroatoms. The van der Waals surface area contributed by atoms with Gasteiger partial charge in [-0.2, -0.15) is 0 Å². The number of aliphatic carboxylic acids is 1. The summed E-state index contributed by atoms with van der Waals surface area (Å²) in [4.78, 5) is 26.1. The molecule has 0 fully saturated rings. The summed E-state index contributed by atoms with van der Waals surface area (Å²) in [5.41, 5.74) is 1.57. The summed E-state index contributed by atoms with van der Waals surface area (Å²) in [6, 6.07) is 4.30. The van der Waals surface area contributed by atoms with Gasteiger partial charge >= 0.3 is 5.97 Å². The molecule has 0 saturated heterocycles. The van der Waals surface area contributed by atoms with Crippen molar-refractivity contribution in [2.75, 3.05) is 27.7 Å². The zero-order valence-electron chi connectivity index (χ0n) is 13.9. The standard InChI is InChI=1S/C16H23N3O4/c1-11(16(22)23)18-15(21)9-17-8-13-7-12(5-6-14(13)20)10-19(2,3)4/h5-8,11H,9-10H2,1-4H3,(H2-,17,18,20,21,22,23)/p+1/t11-/m0/s1. The number of aliphatic imine (C=N–C) groups is 1. The van der Waals surface area contributed by atoms with Crippen LogP contribution in [0.25, 0.3) is 0 Å². The monoisotopic (exact) mass is 322 g/mol. The van der Waals surface area contributed by atoms with E-state index in [4.69, 9.17) is 5.11 Å². The number of quaternary nitrogens is 1. The molecular formula is C16H24N3O4+. The number of phenolic OH excluding ortho intramolecular Hbond substituents is 1. The van der Waals surface area contributed by atoms with Crippen molar-refractivity contribution < 1.29 is 24.3 Å². The quantitative estimate of drug-likeness (QED) is 0.506. The third-order valence-electron chi connectivity index (χ3n) is 2.96. The van der Waals surface area contributed by atoms with Crippen molar-refractivity contribution in [2.45, 2.75) is 19.5 Å². The van der Waals surface area contributed by atoms with Crippen molar-refractivity contribution in [1.82, 2.24) is 5.32 Å². The van der Waals surface area contributed by atoms with E-state index in [0.29, 0.717) is 5.56 Å². The van der Waals surface area contributed by atoms with E-state index in [2.05, 4.69) is 31.5 Å². The van der Waals surface area contributed by atoms with Gasteiger partial charge in [-0.3, -0.25) is 14.6 Å². The summed E-state index contributed by atoms with van der Waals surface area (Å²) in [5, 5.41) is 20.9. The van der Waals surface area contributed by atoms with E-state index >= 15 is 0 Å². The number of carbonyl (C=O) groups excluding carboxylic acids is 1. The lowest BCUT2D eigenvalue weighted by atomic mass is 10.1. The van der Waals surface area contributed by atoms with E-state index in [9.17, 15) is 14.7 Å². The van der Waals surface area contributed by atoms with E-state index < -0.39 is 17.9 Å². The molecule has 0 aliphatic carbocycles. The lowest BCUT2D eigenvalue weighted by Crippen LogP contribution is -2.39. The van der Waals surface area contributed by atoms with Crippen molar-refractivity contribution in [3.63, 3.8) is 0 Å². The minimum atomic E-state index is -1.10. The first-order valence-corrected chi connectivity index (χ1v) is 7.23. The Morgan fingerprint density at radius 1 is 1.35 bits per heavy atom. The third-order valence-corrected chi connectivity index (χ3v) is 2.96. The lowest BCUT2D eigenvalue weighted by molar-refractivity contribution is -0.884. The lowest BCUT2D eigenvalue weighted by Gasteiger charge is -2.24. The molecule has 1 aromatic carbocycles. The largest absolute Gasteiger partial charge is 0.507 e. The average Bonchev–Trinajstić information content (AvgIpc) is 2.40. The van der Waals surface area contributed by atoms with Gasteiger partial charge < -0.3 is 20.0 Å². The SMILES string of the molecule is C[C@H](NC(=O)CN=Cc1cc(C[N+](C)(C)C)ccc1O)C(=O)O. The van der Waals surface area contributed by atoms with Crippen molar-refractivity contribution in [3.05, 3.63) is 29.3 Å². The normalized spacial score (nSPS) is 13.0. The van der Waals surface area contributed by atoms with Gasteiger partial charge in [0.05, 0.1) is 21.1 Å². The summed E-state index contributed by atoms with van der Waals surface area (Å²) in [5.74, 6) is -1.51. The maximum atomic E-state index is 11.5. The van der Waals surface area contributed by atoms with Gasteiger partial charge in [-0.05, 0) is 25.1 Å². The molecule has 1 atom stereocenters. The van der Waals surface area contributed by atoms with Gasteiger partial charge in [0.25, 0.3) is 0 Å². The molecule has 0 saturated carbocycles. The van der Waals surface area contributed by atoms with E-state index in [1.165, 1.54) is 13.1 Å². The van der Waals surface area contributed by atoms with Crippen LogP contribution in [-0.4, -0.2) is 66.5 Å². The Balaban J connectivity index is 2.70. The summed E-state index contributed by atoms with van der Waals surface area (Å²) in [6.07, 6.45) is 1.42. The summed E-state index contributed by atoms with van der Waals surface area (Å²) >= 11 is 0. The number of aromatic hydroxyl groups is 1. The fraction of sp³-hybridized carbons (Fsp3) is 0.438. The third kappa shape index (κ3) is 6.92. The number of rotatable bonds is 7. The maximum absolute atomic E-state index is 11.5. The van der Waals surface area contributed by atoms with Crippen LogP contribution in [0.1, 0.15) is 18.1 Å². The predicted octanol–water partition coefficient (Wildman–Crippen LogP) is 0.607. The first-order valence-electron chi connectivity index (χ1n) is 7.23. The molecule has 1 aromatic rings. The number of benzene rings is 1. The molecule has 0 bridgehead atoms. The molecule has 1 rings (SSSR count). The van der Waals surface area contributed by atoms with Gasteiger partial charge in [-0.25, -0.2) is 0 Å². The first kappa shape index (κ1) is 18.6. The van der Waals surface area contributed by atoms with Crippen molar-refractivity contribution >= 4 is 18.1 Å². The number of hydrogen-bond donors (Lipinski definition) is 3. The Morgan fingerprint density at radius 2 is 2.00 bits per heavy atom. The molecule has 0 aromatic heterocycles. The van der Waals surface area contributed by atoms with Crippen molar-refractivity contribution in [1.29, 1.82) is 0 Å². The van der Waals surface area contributed by atoms with Crippen LogP contribution in [0.15, 0.2) is 23.2 Å². The van der Waals surface area contributed by atoms with E-state index in [1.54, 1.807) is 6.07 Å². The van der Waals surface area contributed by atoms with Gasteiger partial charge in [0.2, 0.25) is 5.91 Å². The maximum Gasteiger partial charge on any atom is 0.325 e. The number of nitrogens with zero attached hydrogens (tertiary/aromatic N) is 2. The van der Waals surface area contributed by atoms with Crippen molar-refractivity contribution in [2.24, 2.45) is 4.99 Å². The molecule has 0 heterocycles. The predicted molar refractivity (Wildman–Crippen MR) is 87.5 cm³/mol. The molecule has 0 aliphatic rings.